The molecule has 0 radical (unpaired) electrons. The molecule has 3 rings (SSSR count). The van der Waals surface area contributed by atoms with Gasteiger partial charge in [-0.15, -0.1) is 11.3 Å². The second-order valence-electron chi connectivity index (χ2n) is 4.51. The van der Waals surface area contributed by atoms with Crippen LogP contribution in [0.25, 0.3) is 16.2 Å². The Kier molecular flexibility index (Phi) is 3.39. The third-order valence-electron chi connectivity index (χ3n) is 3.36. The van der Waals surface area contributed by atoms with E-state index >= 15 is 0 Å². The molecule has 0 amide bonds. The summed E-state index contributed by atoms with van der Waals surface area (Å²) in [6.45, 7) is 1.90. The fraction of sp³-hybridized carbons (Fsp3) is 0.200. The standard InChI is InChI=1S/C15H14N2O3S/c1-3-10-13(14(18)19)17-11(8-21-15(17)16-10)9-6-4-5-7-12(9)20-2/h4-8H,3H2,1-2H3,(H,18,19). The molecule has 0 saturated carbocycles. The minimum absolute atomic E-state index is 0.231. The summed E-state index contributed by atoms with van der Waals surface area (Å²) in [5, 5.41) is 11.4. The molecule has 0 spiro atoms. The number of ether oxygens (including phenoxy) is 1. The van der Waals surface area contributed by atoms with Gasteiger partial charge in [0.15, 0.2) is 10.7 Å². The summed E-state index contributed by atoms with van der Waals surface area (Å²) in [5.74, 6) is -0.255. The van der Waals surface area contributed by atoms with Gasteiger partial charge in [0.05, 0.1) is 18.5 Å². The van der Waals surface area contributed by atoms with Crippen LogP contribution in [0.15, 0.2) is 29.6 Å². The number of thiazole rings is 1. The Hall–Kier alpha value is -2.34. The van der Waals surface area contributed by atoms with E-state index in [-0.39, 0.29) is 5.69 Å². The Bertz CT molecular complexity index is 820. The Labute approximate surface area is 125 Å². The second kappa shape index (κ2) is 5.21. The van der Waals surface area contributed by atoms with Gasteiger partial charge in [0.25, 0.3) is 0 Å². The zero-order chi connectivity index (χ0) is 15.0. The number of nitrogens with zero attached hydrogens (tertiary/aromatic N) is 2. The third kappa shape index (κ3) is 2.08. The number of benzene rings is 1. The molecule has 0 atom stereocenters. The molecule has 0 aliphatic carbocycles. The van der Waals surface area contributed by atoms with Gasteiger partial charge in [0.2, 0.25) is 0 Å². The summed E-state index contributed by atoms with van der Waals surface area (Å²) in [4.78, 5) is 16.7. The van der Waals surface area contributed by atoms with E-state index in [1.54, 1.807) is 11.5 Å². The topological polar surface area (TPSA) is 63.8 Å². The largest absolute Gasteiger partial charge is 0.496 e. The van der Waals surface area contributed by atoms with Crippen LogP contribution in [0.4, 0.5) is 0 Å². The van der Waals surface area contributed by atoms with Crippen LogP contribution in [0, 0.1) is 0 Å². The first kappa shape index (κ1) is 13.6. The lowest BCUT2D eigenvalue weighted by Crippen LogP contribution is -2.05. The van der Waals surface area contributed by atoms with Crippen molar-refractivity contribution in [3.63, 3.8) is 0 Å². The van der Waals surface area contributed by atoms with Crippen LogP contribution < -0.4 is 4.74 Å². The van der Waals surface area contributed by atoms with Gasteiger partial charge in [0.1, 0.15) is 5.75 Å². The zero-order valence-corrected chi connectivity index (χ0v) is 12.5. The number of carboxylic acids is 1. The van der Waals surface area contributed by atoms with Gasteiger partial charge >= 0.3 is 5.97 Å². The van der Waals surface area contributed by atoms with Gasteiger partial charge in [-0.3, -0.25) is 4.40 Å². The van der Waals surface area contributed by atoms with E-state index in [9.17, 15) is 9.90 Å². The highest BCUT2D eigenvalue weighted by molar-refractivity contribution is 7.15. The third-order valence-corrected chi connectivity index (χ3v) is 4.18. The number of hydrogen-bond donors (Lipinski definition) is 1. The molecule has 0 bridgehead atoms. The summed E-state index contributed by atoms with van der Waals surface area (Å²) in [5.41, 5.74) is 2.48. The number of hydrogen-bond acceptors (Lipinski definition) is 4. The molecule has 1 N–H and O–H groups in total. The summed E-state index contributed by atoms with van der Waals surface area (Å²) in [6.07, 6.45) is 0.585. The van der Waals surface area contributed by atoms with E-state index in [4.69, 9.17) is 4.74 Å². The highest BCUT2D eigenvalue weighted by atomic mass is 32.1. The molecule has 108 valence electrons. The van der Waals surface area contributed by atoms with Crippen molar-refractivity contribution in [1.29, 1.82) is 0 Å². The second-order valence-corrected chi connectivity index (χ2v) is 5.34. The molecule has 3 aromatic rings. The van der Waals surface area contributed by atoms with Crippen molar-refractivity contribution in [2.24, 2.45) is 0 Å². The minimum atomic E-state index is -0.964. The maximum Gasteiger partial charge on any atom is 0.354 e. The Morgan fingerprint density at radius 2 is 2.19 bits per heavy atom. The molecule has 6 heteroatoms. The first-order chi connectivity index (χ1) is 10.2. The van der Waals surface area contributed by atoms with Crippen molar-refractivity contribution in [2.75, 3.05) is 7.11 Å². The quantitative estimate of drug-likeness (QED) is 0.803. The number of carboxylic acid groups (broad SMARTS) is 1. The highest BCUT2D eigenvalue weighted by Gasteiger charge is 2.22. The predicted molar refractivity (Wildman–Crippen MR) is 81.4 cm³/mol. The fourth-order valence-corrected chi connectivity index (χ4v) is 3.32. The lowest BCUT2D eigenvalue weighted by molar-refractivity contribution is 0.0688. The molecule has 21 heavy (non-hydrogen) atoms. The Morgan fingerprint density at radius 1 is 1.43 bits per heavy atom. The normalized spacial score (nSPS) is 11.0. The van der Waals surface area contributed by atoms with Crippen LogP contribution in [0.1, 0.15) is 23.1 Å². The number of fused-ring (bicyclic) bond motifs is 1. The smallest absolute Gasteiger partial charge is 0.354 e. The van der Waals surface area contributed by atoms with E-state index in [1.807, 2.05) is 36.6 Å². The van der Waals surface area contributed by atoms with Crippen LogP contribution in [-0.2, 0) is 6.42 Å². The van der Waals surface area contributed by atoms with Crippen molar-refractivity contribution >= 4 is 22.3 Å². The van der Waals surface area contributed by atoms with Gasteiger partial charge in [-0.05, 0) is 18.6 Å². The number of aryl methyl sites for hydroxylation is 1. The number of methoxy groups -OCH3 is 1. The van der Waals surface area contributed by atoms with E-state index in [2.05, 4.69) is 4.98 Å². The van der Waals surface area contributed by atoms with Crippen LogP contribution in [-0.4, -0.2) is 27.6 Å². The van der Waals surface area contributed by atoms with Crippen molar-refractivity contribution in [2.45, 2.75) is 13.3 Å². The van der Waals surface area contributed by atoms with Crippen LogP contribution >= 0.6 is 11.3 Å². The Morgan fingerprint density at radius 3 is 2.86 bits per heavy atom. The molecule has 0 fully saturated rings. The van der Waals surface area contributed by atoms with Crippen molar-refractivity contribution in [1.82, 2.24) is 9.38 Å². The molecule has 1 aromatic carbocycles. The molecule has 0 aliphatic heterocycles. The molecule has 0 aliphatic rings. The average molecular weight is 302 g/mol. The lowest BCUT2D eigenvalue weighted by atomic mass is 10.1. The number of para-hydroxylation sites is 1. The number of imidazole rings is 1. The molecule has 0 unspecified atom stereocenters. The molecule has 5 nitrogen and oxygen atoms in total. The maximum absolute atomic E-state index is 11.6. The van der Waals surface area contributed by atoms with Crippen molar-refractivity contribution in [3.8, 4) is 17.0 Å². The minimum Gasteiger partial charge on any atom is -0.496 e. The van der Waals surface area contributed by atoms with Gasteiger partial charge < -0.3 is 9.84 Å². The molecular formula is C15H14N2O3S. The summed E-state index contributed by atoms with van der Waals surface area (Å²) in [6, 6.07) is 7.56. The number of carbonyl (C=O) groups is 1. The average Bonchev–Trinajstić information content (AvgIpc) is 3.04. The highest BCUT2D eigenvalue weighted by Crippen LogP contribution is 2.34. The van der Waals surface area contributed by atoms with Crippen LogP contribution in [0.2, 0.25) is 0 Å². The van der Waals surface area contributed by atoms with Crippen LogP contribution in [0.3, 0.4) is 0 Å². The fourth-order valence-electron chi connectivity index (χ4n) is 2.41. The molecule has 2 heterocycles. The van der Waals surface area contributed by atoms with Crippen molar-refractivity contribution in [3.05, 3.63) is 41.0 Å². The first-order valence-corrected chi connectivity index (χ1v) is 7.40. The zero-order valence-electron chi connectivity index (χ0n) is 11.7. The summed E-state index contributed by atoms with van der Waals surface area (Å²) in [7, 11) is 1.60. The summed E-state index contributed by atoms with van der Waals surface area (Å²) < 4.78 is 7.07. The number of rotatable bonds is 4. The molecule has 0 saturated heterocycles. The van der Waals surface area contributed by atoms with Gasteiger partial charge in [-0.25, -0.2) is 9.78 Å². The van der Waals surface area contributed by atoms with Gasteiger partial charge in [-0.1, -0.05) is 19.1 Å². The predicted octanol–water partition coefficient (Wildman–Crippen LogP) is 3.33. The van der Waals surface area contributed by atoms with E-state index < -0.39 is 5.97 Å². The lowest BCUT2D eigenvalue weighted by Gasteiger charge is -2.08. The Balaban J connectivity index is 2.33. The van der Waals surface area contributed by atoms with E-state index in [0.29, 0.717) is 22.8 Å². The monoisotopic (exact) mass is 302 g/mol. The number of aromatic nitrogens is 2. The van der Waals surface area contributed by atoms with E-state index in [0.717, 1.165) is 11.3 Å². The van der Waals surface area contributed by atoms with Gasteiger partial charge in [-0.2, -0.15) is 0 Å². The maximum atomic E-state index is 11.6. The SMILES string of the molecule is CCc1nc2scc(-c3ccccc3OC)n2c1C(=O)O. The molecule has 2 aromatic heterocycles. The first-order valence-electron chi connectivity index (χ1n) is 6.52. The number of aromatic carboxylic acids is 1. The molecular weight excluding hydrogens is 288 g/mol. The van der Waals surface area contributed by atoms with Gasteiger partial charge in [0, 0.05) is 10.9 Å². The van der Waals surface area contributed by atoms with Crippen molar-refractivity contribution < 1.29 is 14.6 Å². The van der Waals surface area contributed by atoms with E-state index in [1.165, 1.54) is 11.3 Å². The van der Waals surface area contributed by atoms with Crippen LogP contribution in [0.5, 0.6) is 5.75 Å². The summed E-state index contributed by atoms with van der Waals surface area (Å²) >= 11 is 1.43.